The number of hydrogen-bond acceptors (Lipinski definition) is 7. The second-order valence-corrected chi connectivity index (χ2v) is 8.21. The zero-order chi connectivity index (χ0) is 20.5. The van der Waals surface area contributed by atoms with E-state index < -0.39 is 0 Å². The summed E-state index contributed by atoms with van der Waals surface area (Å²) in [6.45, 7) is 11.2. The van der Waals surface area contributed by atoms with E-state index in [9.17, 15) is 0 Å². The number of rotatable bonds is 5. The Morgan fingerprint density at radius 1 is 1.07 bits per heavy atom. The highest BCUT2D eigenvalue weighted by molar-refractivity contribution is 5.86. The first-order valence-electron chi connectivity index (χ1n) is 10.7. The molecular weight excluding hydrogens is 380 g/mol. The van der Waals surface area contributed by atoms with Gasteiger partial charge in [0.2, 0.25) is 5.88 Å². The van der Waals surface area contributed by atoms with Gasteiger partial charge < -0.3 is 14.4 Å². The molecule has 0 spiro atoms. The van der Waals surface area contributed by atoms with Crippen molar-refractivity contribution < 1.29 is 9.47 Å². The highest BCUT2D eigenvalue weighted by Gasteiger charge is 2.20. The fourth-order valence-corrected chi connectivity index (χ4v) is 4.16. The number of piperazine rings is 1. The van der Waals surface area contributed by atoms with Crippen molar-refractivity contribution in [2.75, 3.05) is 37.7 Å². The summed E-state index contributed by atoms with van der Waals surface area (Å²) >= 11 is 0. The summed E-state index contributed by atoms with van der Waals surface area (Å²) in [6.07, 6.45) is 1.65. The molecule has 0 atom stereocenters. The van der Waals surface area contributed by atoms with Crippen molar-refractivity contribution in [3.63, 3.8) is 0 Å². The van der Waals surface area contributed by atoms with Crippen molar-refractivity contribution in [3.8, 4) is 5.88 Å². The summed E-state index contributed by atoms with van der Waals surface area (Å²) in [5, 5.41) is 5.71. The van der Waals surface area contributed by atoms with Gasteiger partial charge in [-0.15, -0.1) is 0 Å². The molecular formula is C22H28N6O2. The van der Waals surface area contributed by atoms with Gasteiger partial charge in [-0.3, -0.25) is 9.58 Å². The number of hydrogen-bond donors (Lipinski definition) is 0. The van der Waals surface area contributed by atoms with E-state index in [-0.39, 0.29) is 6.10 Å². The smallest absolute Gasteiger partial charge is 0.224 e. The third-order valence-corrected chi connectivity index (χ3v) is 5.66. The summed E-state index contributed by atoms with van der Waals surface area (Å²) in [4.78, 5) is 13.6. The molecule has 0 amide bonds. The number of nitrogens with zero attached hydrogens (tertiary/aromatic N) is 6. The van der Waals surface area contributed by atoms with Crippen LogP contribution in [0.2, 0.25) is 0 Å². The van der Waals surface area contributed by atoms with Crippen LogP contribution in [-0.4, -0.2) is 63.5 Å². The third-order valence-electron chi connectivity index (χ3n) is 5.66. The van der Waals surface area contributed by atoms with E-state index in [0.717, 1.165) is 62.5 Å². The van der Waals surface area contributed by atoms with Crippen LogP contribution in [0.3, 0.4) is 0 Å². The fraction of sp³-hybridized carbons (Fsp3) is 0.500. The maximum absolute atomic E-state index is 5.89. The number of anilines is 1. The third kappa shape index (κ3) is 3.97. The van der Waals surface area contributed by atoms with E-state index in [2.05, 4.69) is 48.7 Å². The lowest BCUT2D eigenvalue weighted by molar-refractivity contribution is 0.0799. The molecule has 2 aliphatic heterocycles. The van der Waals surface area contributed by atoms with Gasteiger partial charge in [-0.05, 0) is 38.1 Å². The van der Waals surface area contributed by atoms with Crippen LogP contribution < -0.4 is 9.64 Å². The molecule has 0 radical (unpaired) electrons. The second-order valence-electron chi connectivity index (χ2n) is 8.21. The van der Waals surface area contributed by atoms with E-state index in [4.69, 9.17) is 14.6 Å². The van der Waals surface area contributed by atoms with Crippen LogP contribution in [0.25, 0.3) is 10.9 Å². The number of aromatic nitrogens is 4. The first-order chi connectivity index (χ1) is 14.7. The SMILES string of the molecule is CC(C)Oc1ncnc2ccc(N3CCN(Cc4cc5n(n4)CCOC5)CC3)cc12. The minimum absolute atomic E-state index is 0.0792. The van der Waals surface area contributed by atoms with Gasteiger partial charge in [-0.1, -0.05) is 0 Å². The molecule has 5 rings (SSSR count). The van der Waals surface area contributed by atoms with Crippen molar-refractivity contribution in [1.29, 1.82) is 0 Å². The average Bonchev–Trinajstić information content (AvgIpc) is 3.16. The van der Waals surface area contributed by atoms with Crippen LogP contribution >= 0.6 is 0 Å². The minimum atomic E-state index is 0.0792. The highest BCUT2D eigenvalue weighted by Crippen LogP contribution is 2.28. The first-order valence-corrected chi connectivity index (χ1v) is 10.7. The normalized spacial score (nSPS) is 17.5. The Labute approximate surface area is 176 Å². The van der Waals surface area contributed by atoms with Gasteiger partial charge in [-0.25, -0.2) is 9.97 Å². The predicted molar refractivity (Wildman–Crippen MR) is 115 cm³/mol. The monoisotopic (exact) mass is 408 g/mol. The Kier molecular flexibility index (Phi) is 5.26. The van der Waals surface area contributed by atoms with Crippen molar-refractivity contribution in [2.45, 2.75) is 39.6 Å². The predicted octanol–water partition coefficient (Wildman–Crippen LogP) is 2.47. The maximum Gasteiger partial charge on any atom is 0.224 e. The molecule has 8 nitrogen and oxygen atoms in total. The topological polar surface area (TPSA) is 68.5 Å². The first kappa shape index (κ1) is 19.3. The molecule has 8 heteroatoms. The Balaban J connectivity index is 1.26. The van der Waals surface area contributed by atoms with Crippen LogP contribution in [0, 0.1) is 0 Å². The molecule has 3 aromatic rings. The average molecular weight is 409 g/mol. The van der Waals surface area contributed by atoms with Gasteiger partial charge in [0.15, 0.2) is 0 Å². The maximum atomic E-state index is 5.89. The number of benzene rings is 1. The number of ether oxygens (including phenoxy) is 2. The van der Waals surface area contributed by atoms with Crippen LogP contribution in [0.4, 0.5) is 5.69 Å². The van der Waals surface area contributed by atoms with E-state index >= 15 is 0 Å². The van der Waals surface area contributed by atoms with Crippen LogP contribution in [0.1, 0.15) is 25.2 Å². The molecule has 158 valence electrons. The van der Waals surface area contributed by atoms with Crippen molar-refractivity contribution in [2.24, 2.45) is 0 Å². The highest BCUT2D eigenvalue weighted by atomic mass is 16.5. The van der Waals surface area contributed by atoms with Gasteiger partial charge in [0, 0.05) is 38.4 Å². The molecule has 0 saturated carbocycles. The van der Waals surface area contributed by atoms with Gasteiger partial charge in [0.05, 0.1) is 48.2 Å². The van der Waals surface area contributed by atoms with E-state index in [1.54, 1.807) is 6.33 Å². The minimum Gasteiger partial charge on any atom is -0.474 e. The van der Waals surface area contributed by atoms with E-state index in [1.165, 1.54) is 11.4 Å². The van der Waals surface area contributed by atoms with Crippen LogP contribution in [0.15, 0.2) is 30.6 Å². The largest absolute Gasteiger partial charge is 0.474 e. The molecule has 2 aromatic heterocycles. The molecule has 0 bridgehead atoms. The second kappa shape index (κ2) is 8.20. The van der Waals surface area contributed by atoms with Crippen molar-refractivity contribution in [1.82, 2.24) is 24.6 Å². The molecule has 0 unspecified atom stereocenters. The van der Waals surface area contributed by atoms with Crippen molar-refractivity contribution in [3.05, 3.63) is 42.0 Å². The molecule has 0 aliphatic carbocycles. The van der Waals surface area contributed by atoms with Gasteiger partial charge in [-0.2, -0.15) is 5.10 Å². The molecule has 2 aliphatic rings. The van der Waals surface area contributed by atoms with Gasteiger partial charge >= 0.3 is 0 Å². The Bertz CT molecular complexity index is 1000. The van der Waals surface area contributed by atoms with Crippen LogP contribution in [0.5, 0.6) is 5.88 Å². The Hall–Kier alpha value is -2.71. The lowest BCUT2D eigenvalue weighted by Gasteiger charge is -2.35. The molecule has 0 N–H and O–H groups in total. The standard InChI is InChI=1S/C22H28N6O2/c1-16(2)30-22-20-12-18(3-4-21(20)23-15-24-22)27-7-5-26(6-8-27)13-17-11-19-14-29-10-9-28(19)25-17/h3-4,11-12,15-16H,5-10,13-14H2,1-2H3. The van der Waals surface area contributed by atoms with Gasteiger partial charge in [0.1, 0.15) is 6.33 Å². The summed E-state index contributed by atoms with van der Waals surface area (Å²) in [5.41, 5.74) is 4.44. The molecule has 1 saturated heterocycles. The Morgan fingerprint density at radius 3 is 2.73 bits per heavy atom. The zero-order valence-electron chi connectivity index (χ0n) is 17.6. The van der Waals surface area contributed by atoms with Crippen LogP contribution in [-0.2, 0) is 24.4 Å². The summed E-state index contributed by atoms with van der Waals surface area (Å²) in [5.74, 6) is 0.656. The van der Waals surface area contributed by atoms with Gasteiger partial charge in [0.25, 0.3) is 0 Å². The van der Waals surface area contributed by atoms with Crippen molar-refractivity contribution >= 4 is 16.6 Å². The fourth-order valence-electron chi connectivity index (χ4n) is 4.16. The van der Waals surface area contributed by atoms with E-state index in [0.29, 0.717) is 12.5 Å². The Morgan fingerprint density at radius 2 is 1.93 bits per heavy atom. The lowest BCUT2D eigenvalue weighted by Crippen LogP contribution is -2.46. The lowest BCUT2D eigenvalue weighted by atomic mass is 10.2. The summed E-state index contributed by atoms with van der Waals surface area (Å²) < 4.78 is 13.5. The number of fused-ring (bicyclic) bond motifs is 2. The molecule has 1 aromatic carbocycles. The summed E-state index contributed by atoms with van der Waals surface area (Å²) in [7, 11) is 0. The molecule has 1 fully saturated rings. The molecule has 30 heavy (non-hydrogen) atoms. The van der Waals surface area contributed by atoms with E-state index in [1.807, 2.05) is 13.8 Å². The molecule has 4 heterocycles. The quantitative estimate of drug-likeness (QED) is 0.642. The zero-order valence-corrected chi connectivity index (χ0v) is 17.6. The summed E-state index contributed by atoms with van der Waals surface area (Å²) in [6, 6.07) is 8.55.